The summed E-state index contributed by atoms with van der Waals surface area (Å²) in [6.07, 6.45) is 0. The first-order valence-corrected chi connectivity index (χ1v) is 5.26. The van der Waals surface area contributed by atoms with Crippen LogP contribution in [0.25, 0.3) is 0 Å². The number of methoxy groups -OCH3 is 1. The van der Waals surface area contributed by atoms with Gasteiger partial charge in [0.2, 0.25) is 0 Å². The van der Waals surface area contributed by atoms with Gasteiger partial charge in [-0.1, -0.05) is 6.07 Å². The van der Waals surface area contributed by atoms with Crippen LogP contribution in [-0.4, -0.2) is 7.11 Å². The average Bonchev–Trinajstić information content (AvgIpc) is 2.36. The van der Waals surface area contributed by atoms with E-state index < -0.39 is 11.6 Å². The minimum Gasteiger partial charge on any atom is -0.495 e. The normalized spacial score (nSPS) is 10.2. The zero-order chi connectivity index (χ0) is 13.1. The number of nitrogen functional groups attached to an aromatic ring is 1. The molecule has 0 spiro atoms. The highest BCUT2D eigenvalue weighted by atomic mass is 19.1. The molecule has 0 bridgehead atoms. The van der Waals surface area contributed by atoms with Crippen molar-refractivity contribution >= 4 is 17.1 Å². The predicted octanol–water partition coefficient (Wildman–Crippen LogP) is 3.30. The van der Waals surface area contributed by atoms with Crippen LogP contribution < -0.4 is 15.8 Å². The molecule has 0 fully saturated rings. The van der Waals surface area contributed by atoms with Crippen molar-refractivity contribution in [1.29, 1.82) is 0 Å². The molecular weight excluding hydrogens is 238 g/mol. The second kappa shape index (κ2) is 4.91. The minimum atomic E-state index is -0.661. The van der Waals surface area contributed by atoms with Gasteiger partial charge in [-0.15, -0.1) is 0 Å². The molecule has 0 aromatic heterocycles. The fourth-order valence-electron chi connectivity index (χ4n) is 1.55. The highest BCUT2D eigenvalue weighted by molar-refractivity contribution is 5.67. The number of halogens is 2. The van der Waals surface area contributed by atoms with Crippen LogP contribution in [0.2, 0.25) is 0 Å². The molecule has 0 aliphatic heterocycles. The smallest absolute Gasteiger partial charge is 0.149 e. The van der Waals surface area contributed by atoms with Crippen molar-refractivity contribution in [3.8, 4) is 5.75 Å². The molecule has 0 saturated carbocycles. The Hall–Kier alpha value is -2.30. The van der Waals surface area contributed by atoms with Crippen molar-refractivity contribution in [1.82, 2.24) is 0 Å². The summed E-state index contributed by atoms with van der Waals surface area (Å²) < 4.78 is 31.9. The van der Waals surface area contributed by atoms with Crippen molar-refractivity contribution in [2.24, 2.45) is 0 Å². The van der Waals surface area contributed by atoms with E-state index in [1.54, 1.807) is 18.2 Å². The third kappa shape index (κ3) is 2.34. The third-order valence-electron chi connectivity index (χ3n) is 2.47. The van der Waals surface area contributed by atoms with E-state index in [4.69, 9.17) is 10.5 Å². The Bertz CT molecular complexity index is 553. The third-order valence-corrected chi connectivity index (χ3v) is 2.47. The van der Waals surface area contributed by atoms with E-state index in [0.29, 0.717) is 17.1 Å². The van der Waals surface area contributed by atoms with Gasteiger partial charge < -0.3 is 15.8 Å². The van der Waals surface area contributed by atoms with E-state index in [1.807, 2.05) is 0 Å². The molecule has 0 amide bonds. The van der Waals surface area contributed by atoms with E-state index in [1.165, 1.54) is 25.3 Å². The molecule has 0 aliphatic carbocycles. The standard InChI is InChI=1S/C13H12F2N2O/c1-18-12-7-8(5-6-11(12)16)17-13-9(14)3-2-4-10(13)15/h2-7,17H,16H2,1H3. The summed E-state index contributed by atoms with van der Waals surface area (Å²) in [6, 6.07) is 8.45. The molecule has 0 atom stereocenters. The van der Waals surface area contributed by atoms with Gasteiger partial charge in [-0.2, -0.15) is 0 Å². The van der Waals surface area contributed by atoms with Crippen LogP contribution in [0.3, 0.4) is 0 Å². The van der Waals surface area contributed by atoms with Gasteiger partial charge in [0.05, 0.1) is 12.8 Å². The number of hydrogen-bond acceptors (Lipinski definition) is 3. The van der Waals surface area contributed by atoms with Crippen LogP contribution in [0.15, 0.2) is 36.4 Å². The van der Waals surface area contributed by atoms with Gasteiger partial charge in [0.25, 0.3) is 0 Å². The van der Waals surface area contributed by atoms with E-state index >= 15 is 0 Å². The summed E-state index contributed by atoms with van der Waals surface area (Å²) in [5.41, 5.74) is 6.39. The second-order valence-corrected chi connectivity index (χ2v) is 3.68. The maximum atomic E-state index is 13.4. The van der Waals surface area contributed by atoms with Crippen LogP contribution in [0.5, 0.6) is 5.75 Å². The molecule has 0 saturated heterocycles. The number of nitrogens with one attached hydrogen (secondary N) is 1. The van der Waals surface area contributed by atoms with E-state index in [9.17, 15) is 8.78 Å². The molecule has 3 N–H and O–H groups in total. The zero-order valence-electron chi connectivity index (χ0n) is 9.71. The summed E-state index contributed by atoms with van der Waals surface area (Å²) in [5.74, 6) is -0.881. The Morgan fingerprint density at radius 3 is 2.39 bits per heavy atom. The number of anilines is 3. The number of rotatable bonds is 3. The maximum Gasteiger partial charge on any atom is 0.149 e. The molecule has 2 aromatic rings. The van der Waals surface area contributed by atoms with Gasteiger partial charge in [0.15, 0.2) is 0 Å². The Balaban J connectivity index is 2.34. The first-order valence-electron chi connectivity index (χ1n) is 5.26. The summed E-state index contributed by atoms with van der Waals surface area (Å²) in [7, 11) is 1.47. The molecule has 0 radical (unpaired) electrons. The minimum absolute atomic E-state index is 0.204. The largest absolute Gasteiger partial charge is 0.495 e. The second-order valence-electron chi connectivity index (χ2n) is 3.68. The number of ether oxygens (including phenoxy) is 1. The van der Waals surface area contributed by atoms with Gasteiger partial charge in [-0.25, -0.2) is 8.78 Å². The molecule has 0 heterocycles. The molecule has 0 unspecified atom stereocenters. The van der Waals surface area contributed by atoms with E-state index in [0.717, 1.165) is 0 Å². The number of hydrogen-bond donors (Lipinski definition) is 2. The van der Waals surface area contributed by atoms with Crippen molar-refractivity contribution in [2.75, 3.05) is 18.2 Å². The summed E-state index contributed by atoms with van der Waals surface area (Å²) >= 11 is 0. The Morgan fingerprint density at radius 2 is 1.78 bits per heavy atom. The molecule has 2 rings (SSSR count). The quantitative estimate of drug-likeness (QED) is 0.822. The molecule has 2 aromatic carbocycles. The average molecular weight is 250 g/mol. The summed E-state index contributed by atoms with van der Waals surface area (Å²) in [5, 5.41) is 2.66. The number of benzene rings is 2. The molecule has 0 aliphatic rings. The number of nitrogens with two attached hydrogens (primary N) is 1. The van der Waals surface area contributed by atoms with Gasteiger partial charge in [0, 0.05) is 11.8 Å². The van der Waals surface area contributed by atoms with Gasteiger partial charge in [-0.05, 0) is 24.3 Å². The fourth-order valence-corrected chi connectivity index (χ4v) is 1.55. The molecule has 5 heteroatoms. The topological polar surface area (TPSA) is 47.3 Å². The zero-order valence-corrected chi connectivity index (χ0v) is 9.71. The Morgan fingerprint density at radius 1 is 1.11 bits per heavy atom. The van der Waals surface area contributed by atoms with E-state index in [-0.39, 0.29) is 5.69 Å². The van der Waals surface area contributed by atoms with Crippen molar-refractivity contribution < 1.29 is 13.5 Å². The first-order chi connectivity index (χ1) is 8.61. The predicted molar refractivity (Wildman–Crippen MR) is 67.0 cm³/mol. The SMILES string of the molecule is COc1cc(Nc2c(F)cccc2F)ccc1N. The van der Waals surface area contributed by atoms with Crippen molar-refractivity contribution in [2.45, 2.75) is 0 Å². The molecule has 18 heavy (non-hydrogen) atoms. The monoisotopic (exact) mass is 250 g/mol. The molecule has 94 valence electrons. The van der Waals surface area contributed by atoms with Gasteiger partial charge in [0.1, 0.15) is 23.1 Å². The van der Waals surface area contributed by atoms with Crippen LogP contribution in [0, 0.1) is 11.6 Å². The lowest BCUT2D eigenvalue weighted by atomic mass is 10.2. The molecule has 3 nitrogen and oxygen atoms in total. The van der Waals surface area contributed by atoms with Crippen LogP contribution >= 0.6 is 0 Å². The summed E-state index contributed by atoms with van der Waals surface area (Å²) in [6.45, 7) is 0. The highest BCUT2D eigenvalue weighted by Crippen LogP contribution is 2.29. The van der Waals surface area contributed by atoms with Crippen molar-refractivity contribution in [3.05, 3.63) is 48.0 Å². The first kappa shape index (κ1) is 12.2. The van der Waals surface area contributed by atoms with Gasteiger partial charge >= 0.3 is 0 Å². The lowest BCUT2D eigenvalue weighted by Crippen LogP contribution is -1.99. The Labute approximate surface area is 103 Å². The van der Waals surface area contributed by atoms with Crippen LogP contribution in [-0.2, 0) is 0 Å². The number of para-hydroxylation sites is 1. The lowest BCUT2D eigenvalue weighted by Gasteiger charge is -2.11. The maximum absolute atomic E-state index is 13.4. The highest BCUT2D eigenvalue weighted by Gasteiger charge is 2.09. The molecular formula is C13H12F2N2O. The summed E-state index contributed by atoms with van der Waals surface area (Å²) in [4.78, 5) is 0. The van der Waals surface area contributed by atoms with Gasteiger partial charge in [-0.3, -0.25) is 0 Å². The lowest BCUT2D eigenvalue weighted by molar-refractivity contribution is 0.417. The van der Waals surface area contributed by atoms with E-state index in [2.05, 4.69) is 5.32 Å². The fraction of sp³-hybridized carbons (Fsp3) is 0.0769. The van der Waals surface area contributed by atoms with Crippen LogP contribution in [0.4, 0.5) is 25.8 Å². The van der Waals surface area contributed by atoms with Crippen LogP contribution in [0.1, 0.15) is 0 Å². The van der Waals surface area contributed by atoms with Crippen molar-refractivity contribution in [3.63, 3.8) is 0 Å². The Kier molecular flexibility index (Phi) is 3.32.